The summed E-state index contributed by atoms with van der Waals surface area (Å²) in [6.45, 7) is 17.4. The minimum absolute atomic E-state index is 0. The Morgan fingerprint density at radius 3 is 1.25 bits per heavy atom. The lowest BCUT2D eigenvalue weighted by atomic mass is 9.71. The number of piperidine rings is 2. The normalized spacial score (nSPS) is 24.3. The van der Waals surface area contributed by atoms with Gasteiger partial charge in [0.25, 0.3) is 0 Å². The van der Waals surface area contributed by atoms with Crippen molar-refractivity contribution in [3.05, 3.63) is 0 Å². The maximum absolute atomic E-state index is 2.69. The van der Waals surface area contributed by atoms with Crippen LogP contribution in [0.15, 0.2) is 0 Å². The lowest BCUT2D eigenvalue weighted by Gasteiger charge is -2.47. The molecule has 0 aromatic rings. The molecule has 2 heterocycles. The van der Waals surface area contributed by atoms with E-state index in [1.165, 1.54) is 65.0 Å². The Morgan fingerprint density at radius 2 is 1.00 bits per heavy atom. The van der Waals surface area contributed by atoms with Crippen LogP contribution < -0.4 is 0 Å². The second-order valence-corrected chi connectivity index (χ2v) is 7.89. The Hall–Kier alpha value is -0.0800. The molecule has 0 atom stereocenters. The highest BCUT2D eigenvalue weighted by atomic mass is 15.2. The lowest BCUT2D eigenvalue weighted by Crippen LogP contribution is -2.47. The number of rotatable bonds is 4. The van der Waals surface area contributed by atoms with Crippen molar-refractivity contribution in [1.82, 2.24) is 9.80 Å². The van der Waals surface area contributed by atoms with Gasteiger partial charge in [-0.1, -0.05) is 35.1 Å². The van der Waals surface area contributed by atoms with E-state index in [0.717, 1.165) is 11.8 Å². The zero-order valence-electron chi connectivity index (χ0n) is 13.6. The Kier molecular flexibility index (Phi) is 7.00. The fraction of sp³-hybridized carbons (Fsp3) is 1.00. The molecule has 2 rings (SSSR count). The second kappa shape index (κ2) is 7.79. The van der Waals surface area contributed by atoms with Gasteiger partial charge in [-0.25, -0.2) is 0 Å². The van der Waals surface area contributed by atoms with Crippen molar-refractivity contribution in [2.75, 3.05) is 39.3 Å². The fourth-order valence-electron chi connectivity index (χ4n) is 3.95. The topological polar surface area (TPSA) is 6.48 Å². The molecule has 2 fully saturated rings. The van der Waals surface area contributed by atoms with E-state index in [-0.39, 0.29) is 7.43 Å². The molecule has 0 aromatic carbocycles. The maximum Gasteiger partial charge on any atom is 0.000439 e. The fourth-order valence-corrected chi connectivity index (χ4v) is 3.95. The predicted octanol–water partition coefficient (Wildman–Crippen LogP) is 4.11. The monoisotopic (exact) mass is 282 g/mol. The van der Waals surface area contributed by atoms with Gasteiger partial charge >= 0.3 is 0 Å². The number of nitrogens with zero attached hydrogens (tertiary/aromatic N) is 2. The predicted molar refractivity (Wildman–Crippen MR) is 90.2 cm³/mol. The molecule has 120 valence electrons. The minimum Gasteiger partial charge on any atom is -0.303 e. The van der Waals surface area contributed by atoms with Crippen LogP contribution in [0.25, 0.3) is 0 Å². The zero-order chi connectivity index (χ0) is 13.9. The van der Waals surface area contributed by atoms with Gasteiger partial charge in [-0.2, -0.15) is 0 Å². The van der Waals surface area contributed by atoms with Gasteiger partial charge in [-0.15, -0.1) is 0 Å². The van der Waals surface area contributed by atoms with Crippen LogP contribution in [0.5, 0.6) is 0 Å². The van der Waals surface area contributed by atoms with E-state index in [0.29, 0.717) is 5.41 Å². The van der Waals surface area contributed by atoms with Crippen LogP contribution in [-0.2, 0) is 0 Å². The van der Waals surface area contributed by atoms with E-state index in [4.69, 9.17) is 0 Å². The zero-order valence-corrected chi connectivity index (χ0v) is 13.6. The molecule has 2 aliphatic rings. The van der Waals surface area contributed by atoms with Crippen LogP contribution in [0.1, 0.15) is 60.8 Å². The molecule has 0 aliphatic carbocycles. The standard InChI is InChI=1S/C17H34N2.CH4/c1-15(2)13-18-9-5-17(6-10-18)7-11-19(12-8-17)14-16(3)4;/h15-16H,5-14H2,1-4H3;1H4. The summed E-state index contributed by atoms with van der Waals surface area (Å²) in [5.41, 5.74) is 0.709. The maximum atomic E-state index is 2.69. The van der Waals surface area contributed by atoms with Crippen LogP contribution in [0.4, 0.5) is 0 Å². The first-order valence-corrected chi connectivity index (χ1v) is 8.44. The van der Waals surface area contributed by atoms with E-state index < -0.39 is 0 Å². The molecule has 0 unspecified atom stereocenters. The second-order valence-electron chi connectivity index (χ2n) is 7.89. The van der Waals surface area contributed by atoms with E-state index in [1.807, 2.05) is 0 Å². The van der Waals surface area contributed by atoms with E-state index in [2.05, 4.69) is 37.5 Å². The van der Waals surface area contributed by atoms with Gasteiger partial charge in [-0.05, 0) is 69.1 Å². The SMILES string of the molecule is C.CC(C)CN1CCC2(CC1)CCN(CC(C)C)CC2. The molecular formula is C18H38N2. The third kappa shape index (κ3) is 5.04. The Bertz CT molecular complexity index is 225. The molecule has 1 spiro atoms. The first-order valence-electron chi connectivity index (χ1n) is 8.44. The highest BCUT2D eigenvalue weighted by molar-refractivity contribution is 4.90. The van der Waals surface area contributed by atoms with Crippen molar-refractivity contribution >= 4 is 0 Å². The van der Waals surface area contributed by atoms with Crippen molar-refractivity contribution in [2.45, 2.75) is 60.8 Å². The molecule has 2 saturated heterocycles. The highest BCUT2D eigenvalue weighted by Crippen LogP contribution is 2.41. The van der Waals surface area contributed by atoms with Crippen molar-refractivity contribution in [2.24, 2.45) is 17.3 Å². The van der Waals surface area contributed by atoms with Crippen LogP contribution >= 0.6 is 0 Å². The summed E-state index contributed by atoms with van der Waals surface area (Å²) in [6, 6.07) is 0. The Labute approximate surface area is 127 Å². The molecule has 2 aliphatic heterocycles. The summed E-state index contributed by atoms with van der Waals surface area (Å²) < 4.78 is 0. The summed E-state index contributed by atoms with van der Waals surface area (Å²) in [5.74, 6) is 1.64. The quantitative estimate of drug-likeness (QED) is 0.765. The van der Waals surface area contributed by atoms with Gasteiger partial charge in [0.05, 0.1) is 0 Å². The highest BCUT2D eigenvalue weighted by Gasteiger charge is 2.37. The number of hydrogen-bond donors (Lipinski definition) is 0. The average molecular weight is 283 g/mol. The summed E-state index contributed by atoms with van der Waals surface area (Å²) >= 11 is 0. The molecule has 2 nitrogen and oxygen atoms in total. The van der Waals surface area contributed by atoms with Gasteiger partial charge in [-0.3, -0.25) is 0 Å². The summed E-state index contributed by atoms with van der Waals surface area (Å²) in [6.07, 6.45) is 5.81. The van der Waals surface area contributed by atoms with Crippen LogP contribution in [0, 0.1) is 17.3 Å². The van der Waals surface area contributed by atoms with Crippen LogP contribution in [0.2, 0.25) is 0 Å². The third-order valence-corrected chi connectivity index (χ3v) is 5.08. The minimum atomic E-state index is 0. The van der Waals surface area contributed by atoms with Crippen LogP contribution in [-0.4, -0.2) is 49.1 Å². The smallest absolute Gasteiger partial charge is 0.000439 e. The van der Waals surface area contributed by atoms with Gasteiger partial charge in [0.15, 0.2) is 0 Å². The molecule has 20 heavy (non-hydrogen) atoms. The average Bonchev–Trinajstić information content (AvgIpc) is 2.34. The van der Waals surface area contributed by atoms with Gasteiger partial charge in [0, 0.05) is 13.1 Å². The first kappa shape index (κ1) is 18.0. The molecule has 0 radical (unpaired) electrons. The molecule has 0 amide bonds. The largest absolute Gasteiger partial charge is 0.303 e. The first-order chi connectivity index (χ1) is 8.99. The van der Waals surface area contributed by atoms with Crippen LogP contribution in [0.3, 0.4) is 0 Å². The summed E-state index contributed by atoms with van der Waals surface area (Å²) in [4.78, 5) is 5.38. The Morgan fingerprint density at radius 1 is 0.700 bits per heavy atom. The van der Waals surface area contributed by atoms with Crippen molar-refractivity contribution in [3.8, 4) is 0 Å². The van der Waals surface area contributed by atoms with Gasteiger partial charge in [0.2, 0.25) is 0 Å². The molecule has 0 N–H and O–H groups in total. The molecule has 0 saturated carbocycles. The third-order valence-electron chi connectivity index (χ3n) is 5.08. The van der Waals surface area contributed by atoms with Crippen molar-refractivity contribution < 1.29 is 0 Å². The number of likely N-dealkylation sites (tertiary alicyclic amines) is 2. The molecular weight excluding hydrogens is 244 g/mol. The van der Waals surface area contributed by atoms with E-state index in [9.17, 15) is 0 Å². The van der Waals surface area contributed by atoms with Gasteiger partial charge < -0.3 is 9.80 Å². The molecule has 2 heteroatoms. The van der Waals surface area contributed by atoms with E-state index in [1.54, 1.807) is 0 Å². The molecule has 0 aromatic heterocycles. The summed E-state index contributed by atoms with van der Waals surface area (Å²) in [5, 5.41) is 0. The molecule has 0 bridgehead atoms. The van der Waals surface area contributed by atoms with Gasteiger partial charge in [0.1, 0.15) is 0 Å². The van der Waals surface area contributed by atoms with Crippen molar-refractivity contribution in [1.29, 1.82) is 0 Å². The van der Waals surface area contributed by atoms with Crippen molar-refractivity contribution in [3.63, 3.8) is 0 Å². The lowest BCUT2D eigenvalue weighted by molar-refractivity contribution is 0.0283. The summed E-state index contributed by atoms with van der Waals surface area (Å²) in [7, 11) is 0. The number of hydrogen-bond acceptors (Lipinski definition) is 2. The Balaban J connectivity index is 0.00000200. The van der Waals surface area contributed by atoms with E-state index >= 15 is 0 Å².